The van der Waals surface area contributed by atoms with Crippen LogP contribution in [0.5, 0.6) is 0 Å². The van der Waals surface area contributed by atoms with Crippen molar-refractivity contribution in [3.63, 3.8) is 0 Å². The van der Waals surface area contributed by atoms with E-state index < -0.39 is 15.9 Å². The lowest BCUT2D eigenvalue weighted by Crippen LogP contribution is -2.32. The smallest absolute Gasteiger partial charge is 0.264 e. The molecule has 0 unspecified atom stereocenters. The molecule has 1 amide bonds. The summed E-state index contributed by atoms with van der Waals surface area (Å²) in [5.74, 6) is -0.405. The van der Waals surface area contributed by atoms with Gasteiger partial charge in [-0.25, -0.2) is 8.42 Å². The number of para-hydroxylation sites is 1. The Morgan fingerprint density at radius 1 is 0.789 bits per heavy atom. The van der Waals surface area contributed by atoms with E-state index in [0.717, 1.165) is 21.9 Å². The van der Waals surface area contributed by atoms with Crippen molar-refractivity contribution in [3.05, 3.63) is 137 Å². The standard InChI is InChI=1S/C31H25ClN2O3S/c1-22-13-19-26(20-14-22)38(36,37)34(21-23-15-17-25(32)18-16-23)30-12-5-4-10-28(30)31(35)33-29-11-6-8-24-7-2-3-9-27(24)29/h2-20H,21H2,1H3,(H,33,35). The van der Waals surface area contributed by atoms with Crippen LogP contribution in [0, 0.1) is 6.92 Å². The zero-order valence-corrected chi connectivity index (χ0v) is 22.2. The lowest BCUT2D eigenvalue weighted by atomic mass is 10.1. The number of nitrogens with one attached hydrogen (secondary N) is 1. The zero-order chi connectivity index (χ0) is 26.7. The lowest BCUT2D eigenvalue weighted by Gasteiger charge is -2.27. The van der Waals surface area contributed by atoms with Crippen molar-refractivity contribution in [2.24, 2.45) is 0 Å². The third-order valence-electron chi connectivity index (χ3n) is 6.30. The van der Waals surface area contributed by atoms with Gasteiger partial charge in [-0.1, -0.05) is 90.0 Å². The van der Waals surface area contributed by atoms with Crippen LogP contribution in [-0.2, 0) is 16.6 Å². The van der Waals surface area contributed by atoms with Gasteiger partial charge in [0.25, 0.3) is 15.9 Å². The van der Waals surface area contributed by atoms with Crippen molar-refractivity contribution in [1.29, 1.82) is 0 Å². The van der Waals surface area contributed by atoms with E-state index in [-0.39, 0.29) is 22.7 Å². The number of rotatable bonds is 7. The molecule has 0 heterocycles. The number of amides is 1. The maximum atomic E-state index is 14.0. The molecule has 0 radical (unpaired) electrons. The number of hydrogen-bond donors (Lipinski definition) is 1. The number of fused-ring (bicyclic) bond motifs is 1. The summed E-state index contributed by atoms with van der Waals surface area (Å²) in [7, 11) is -4.02. The highest BCUT2D eigenvalue weighted by Gasteiger charge is 2.29. The molecular weight excluding hydrogens is 516 g/mol. The minimum atomic E-state index is -4.02. The average Bonchev–Trinajstić information content (AvgIpc) is 2.93. The zero-order valence-electron chi connectivity index (χ0n) is 20.6. The number of benzene rings is 5. The van der Waals surface area contributed by atoms with Gasteiger partial charge >= 0.3 is 0 Å². The second-order valence-electron chi connectivity index (χ2n) is 8.95. The summed E-state index contributed by atoms with van der Waals surface area (Å²) in [6.07, 6.45) is 0. The van der Waals surface area contributed by atoms with Gasteiger partial charge in [-0.3, -0.25) is 9.10 Å². The van der Waals surface area contributed by atoms with Crippen LogP contribution in [0.25, 0.3) is 10.8 Å². The minimum absolute atomic E-state index is 0.0198. The van der Waals surface area contributed by atoms with Crippen LogP contribution in [-0.4, -0.2) is 14.3 Å². The summed E-state index contributed by atoms with van der Waals surface area (Å²) in [5.41, 5.74) is 2.84. The second kappa shape index (κ2) is 10.7. The molecule has 0 aliphatic rings. The van der Waals surface area contributed by atoms with Gasteiger partial charge in [-0.05, 0) is 60.3 Å². The first-order valence-corrected chi connectivity index (χ1v) is 13.9. The van der Waals surface area contributed by atoms with Gasteiger partial charge in [0.1, 0.15) is 0 Å². The fraction of sp³-hybridized carbons (Fsp3) is 0.0645. The maximum absolute atomic E-state index is 14.0. The largest absolute Gasteiger partial charge is 0.321 e. The van der Waals surface area contributed by atoms with E-state index in [4.69, 9.17) is 11.6 Å². The number of halogens is 1. The summed E-state index contributed by atoms with van der Waals surface area (Å²) < 4.78 is 29.3. The van der Waals surface area contributed by atoms with Crippen LogP contribution in [0.4, 0.5) is 11.4 Å². The first-order chi connectivity index (χ1) is 18.3. The molecule has 5 nitrogen and oxygen atoms in total. The van der Waals surface area contributed by atoms with E-state index >= 15 is 0 Å². The second-order valence-corrected chi connectivity index (χ2v) is 11.2. The molecule has 1 N–H and O–H groups in total. The topological polar surface area (TPSA) is 66.5 Å². The summed E-state index contributed by atoms with van der Waals surface area (Å²) in [6.45, 7) is 1.92. The molecule has 0 saturated heterocycles. The molecule has 0 aliphatic carbocycles. The Labute approximate surface area is 227 Å². The Kier molecular flexibility index (Phi) is 7.18. The molecule has 5 rings (SSSR count). The summed E-state index contributed by atoms with van der Waals surface area (Å²) in [5, 5.41) is 5.43. The molecule has 0 fully saturated rings. The average molecular weight is 541 g/mol. The third kappa shape index (κ3) is 5.28. The highest BCUT2D eigenvalue weighted by Crippen LogP contribution is 2.31. The number of anilines is 2. The number of aryl methyl sites for hydroxylation is 1. The maximum Gasteiger partial charge on any atom is 0.264 e. The van der Waals surface area contributed by atoms with Crippen LogP contribution in [0.3, 0.4) is 0 Å². The van der Waals surface area contributed by atoms with Crippen molar-refractivity contribution in [3.8, 4) is 0 Å². The van der Waals surface area contributed by atoms with Crippen molar-refractivity contribution >= 4 is 49.7 Å². The van der Waals surface area contributed by atoms with E-state index in [1.165, 1.54) is 4.31 Å². The molecule has 5 aromatic rings. The highest BCUT2D eigenvalue weighted by atomic mass is 35.5. The summed E-state index contributed by atoms with van der Waals surface area (Å²) in [6, 6.07) is 33.8. The normalized spacial score (nSPS) is 11.3. The summed E-state index contributed by atoms with van der Waals surface area (Å²) in [4.78, 5) is 13.8. The molecule has 0 spiro atoms. The van der Waals surface area contributed by atoms with Gasteiger partial charge in [-0.15, -0.1) is 0 Å². The number of carbonyl (C=O) groups excluding carboxylic acids is 1. The highest BCUT2D eigenvalue weighted by molar-refractivity contribution is 7.92. The quantitative estimate of drug-likeness (QED) is 0.233. The van der Waals surface area contributed by atoms with E-state index in [0.29, 0.717) is 10.7 Å². The number of nitrogens with zero attached hydrogens (tertiary/aromatic N) is 1. The van der Waals surface area contributed by atoms with Crippen molar-refractivity contribution in [1.82, 2.24) is 0 Å². The SMILES string of the molecule is Cc1ccc(S(=O)(=O)N(Cc2ccc(Cl)cc2)c2ccccc2C(=O)Nc2cccc3ccccc23)cc1. The van der Waals surface area contributed by atoms with Crippen LogP contribution in [0.2, 0.25) is 5.02 Å². The molecule has 190 valence electrons. The third-order valence-corrected chi connectivity index (χ3v) is 8.33. The van der Waals surface area contributed by atoms with Crippen LogP contribution in [0.1, 0.15) is 21.5 Å². The van der Waals surface area contributed by atoms with E-state index in [1.807, 2.05) is 49.4 Å². The van der Waals surface area contributed by atoms with Crippen molar-refractivity contribution in [2.45, 2.75) is 18.4 Å². The van der Waals surface area contributed by atoms with Gasteiger partial charge in [-0.2, -0.15) is 0 Å². The van der Waals surface area contributed by atoms with Crippen molar-refractivity contribution < 1.29 is 13.2 Å². The Morgan fingerprint density at radius 2 is 1.45 bits per heavy atom. The lowest BCUT2D eigenvalue weighted by molar-refractivity contribution is 0.102. The Hall–Kier alpha value is -4.13. The Bertz CT molecular complexity index is 1710. The van der Waals surface area contributed by atoms with Gasteiger partial charge in [0.05, 0.1) is 22.7 Å². The first kappa shape index (κ1) is 25.5. The number of carbonyl (C=O) groups is 1. The Morgan fingerprint density at radius 3 is 2.21 bits per heavy atom. The first-order valence-electron chi connectivity index (χ1n) is 12.0. The van der Waals surface area contributed by atoms with E-state index in [2.05, 4.69) is 5.32 Å². The monoisotopic (exact) mass is 540 g/mol. The predicted molar refractivity (Wildman–Crippen MR) is 154 cm³/mol. The van der Waals surface area contributed by atoms with Crippen LogP contribution in [0.15, 0.2) is 120 Å². The van der Waals surface area contributed by atoms with E-state index in [9.17, 15) is 13.2 Å². The fourth-order valence-corrected chi connectivity index (χ4v) is 5.90. The Balaban J connectivity index is 1.59. The molecule has 0 aromatic heterocycles. The van der Waals surface area contributed by atoms with Gasteiger partial charge in [0, 0.05) is 16.1 Å². The molecule has 38 heavy (non-hydrogen) atoms. The van der Waals surface area contributed by atoms with Gasteiger partial charge < -0.3 is 5.32 Å². The predicted octanol–water partition coefficient (Wildman–Crippen LogP) is 7.45. The molecule has 0 atom stereocenters. The van der Waals surface area contributed by atoms with Crippen LogP contribution >= 0.6 is 11.6 Å². The molecule has 7 heteroatoms. The molecule has 0 aliphatic heterocycles. The number of sulfonamides is 1. The number of hydrogen-bond acceptors (Lipinski definition) is 3. The molecule has 5 aromatic carbocycles. The molecule has 0 bridgehead atoms. The molecular formula is C31H25ClN2O3S. The van der Waals surface area contributed by atoms with Crippen molar-refractivity contribution in [2.75, 3.05) is 9.62 Å². The van der Waals surface area contributed by atoms with Crippen LogP contribution < -0.4 is 9.62 Å². The van der Waals surface area contributed by atoms with E-state index in [1.54, 1.807) is 72.8 Å². The summed E-state index contributed by atoms with van der Waals surface area (Å²) >= 11 is 6.07. The fourth-order valence-electron chi connectivity index (χ4n) is 4.30. The molecule has 0 saturated carbocycles. The minimum Gasteiger partial charge on any atom is -0.321 e. The van der Waals surface area contributed by atoms with Gasteiger partial charge in [0.2, 0.25) is 0 Å². The van der Waals surface area contributed by atoms with Gasteiger partial charge in [0.15, 0.2) is 0 Å².